The van der Waals surface area contributed by atoms with Crippen molar-refractivity contribution in [3.8, 4) is 0 Å². The summed E-state index contributed by atoms with van der Waals surface area (Å²) in [5, 5.41) is 4.29. The maximum atomic E-state index is 4.29. The molecule has 0 amide bonds. The van der Waals surface area contributed by atoms with Gasteiger partial charge in [0.1, 0.15) is 0 Å². The summed E-state index contributed by atoms with van der Waals surface area (Å²) >= 11 is 0. The molecule has 0 spiro atoms. The average molecular weight is 112 g/mol. The van der Waals surface area contributed by atoms with Crippen LogP contribution in [-0.2, 0) is 0 Å². The summed E-state index contributed by atoms with van der Waals surface area (Å²) in [6, 6.07) is 0. The molecule has 1 radical (unpaired) electrons. The van der Waals surface area contributed by atoms with Crippen molar-refractivity contribution >= 4 is 0 Å². The lowest BCUT2D eigenvalue weighted by atomic mass is 9.96. The molecule has 47 valence electrons. The molecule has 1 rings (SSSR count). The quantitative estimate of drug-likeness (QED) is 0.485. The van der Waals surface area contributed by atoms with Crippen molar-refractivity contribution in [3.05, 3.63) is 0 Å². The molecule has 1 aliphatic rings. The zero-order valence-corrected chi connectivity index (χ0v) is 5.72. The summed E-state index contributed by atoms with van der Waals surface area (Å²) in [6.07, 6.45) is 1.33. The van der Waals surface area contributed by atoms with E-state index in [1.807, 2.05) is 0 Å². The maximum absolute atomic E-state index is 4.29. The smallest absolute Gasteiger partial charge is 0.0164 e. The maximum Gasteiger partial charge on any atom is 0.0164 e. The monoisotopic (exact) mass is 112 g/mol. The first-order chi connectivity index (χ1) is 3.80. The van der Waals surface area contributed by atoms with Crippen LogP contribution in [0.5, 0.6) is 0 Å². The molecule has 1 nitrogen and oxygen atoms in total. The van der Waals surface area contributed by atoms with Gasteiger partial charge in [-0.15, -0.1) is 0 Å². The van der Waals surface area contributed by atoms with Gasteiger partial charge in [0.25, 0.3) is 0 Å². The van der Waals surface area contributed by atoms with Gasteiger partial charge in [-0.2, -0.15) is 0 Å². The van der Waals surface area contributed by atoms with E-state index in [-0.39, 0.29) is 0 Å². The predicted molar refractivity (Wildman–Crippen MR) is 34.8 cm³/mol. The molecule has 1 unspecified atom stereocenters. The Morgan fingerprint density at radius 2 is 2.25 bits per heavy atom. The summed E-state index contributed by atoms with van der Waals surface area (Å²) in [5.74, 6) is 1.75. The van der Waals surface area contributed by atoms with Crippen LogP contribution in [0.1, 0.15) is 20.3 Å². The molecule has 1 fully saturated rings. The van der Waals surface area contributed by atoms with Crippen LogP contribution in [0.3, 0.4) is 0 Å². The lowest BCUT2D eigenvalue weighted by Gasteiger charge is -2.10. The Morgan fingerprint density at radius 1 is 1.50 bits per heavy atom. The molecule has 0 aromatic carbocycles. The number of hydrogen-bond donors (Lipinski definition) is 0. The zero-order chi connectivity index (χ0) is 5.98. The standard InChI is InChI=1S/C7H14N/c1-6(2)7-3-4-8-5-7/h6-7H,3-5H2,1-2H3. The fourth-order valence-electron chi connectivity index (χ4n) is 1.15. The Hall–Kier alpha value is -0.0400. The highest BCUT2D eigenvalue weighted by molar-refractivity contribution is 4.72. The van der Waals surface area contributed by atoms with E-state index >= 15 is 0 Å². The summed E-state index contributed by atoms with van der Waals surface area (Å²) in [5.41, 5.74) is 0. The third-order valence-electron chi connectivity index (χ3n) is 1.96. The minimum absolute atomic E-state index is 0.848. The van der Waals surface area contributed by atoms with E-state index in [0.717, 1.165) is 24.9 Å². The van der Waals surface area contributed by atoms with Crippen molar-refractivity contribution in [2.75, 3.05) is 13.1 Å². The number of nitrogens with zero attached hydrogens (tertiary/aromatic N) is 1. The fraction of sp³-hybridized carbons (Fsp3) is 1.00. The van der Waals surface area contributed by atoms with Gasteiger partial charge >= 0.3 is 0 Å². The molecule has 0 saturated carbocycles. The Morgan fingerprint density at radius 3 is 2.50 bits per heavy atom. The van der Waals surface area contributed by atoms with E-state index in [2.05, 4.69) is 19.2 Å². The van der Waals surface area contributed by atoms with E-state index in [4.69, 9.17) is 0 Å². The summed E-state index contributed by atoms with van der Waals surface area (Å²) < 4.78 is 0. The molecule has 0 aromatic rings. The Balaban J connectivity index is 2.24. The normalized spacial score (nSPS) is 29.6. The summed E-state index contributed by atoms with van der Waals surface area (Å²) in [4.78, 5) is 0. The summed E-state index contributed by atoms with van der Waals surface area (Å²) in [6.45, 7) is 6.80. The van der Waals surface area contributed by atoms with Crippen molar-refractivity contribution in [2.24, 2.45) is 11.8 Å². The van der Waals surface area contributed by atoms with E-state index in [1.54, 1.807) is 0 Å². The SMILES string of the molecule is CC(C)C1CC[N]C1. The van der Waals surface area contributed by atoms with Gasteiger partial charge < -0.3 is 0 Å². The van der Waals surface area contributed by atoms with Gasteiger partial charge in [-0.05, 0) is 18.3 Å². The Labute approximate surface area is 51.5 Å². The van der Waals surface area contributed by atoms with Crippen LogP contribution in [-0.4, -0.2) is 13.1 Å². The molecule has 0 N–H and O–H groups in total. The van der Waals surface area contributed by atoms with E-state index in [9.17, 15) is 0 Å². The molecular formula is C7H14N. The first-order valence-corrected chi connectivity index (χ1v) is 3.44. The topological polar surface area (TPSA) is 14.1 Å². The molecule has 1 heterocycles. The third kappa shape index (κ3) is 1.22. The first-order valence-electron chi connectivity index (χ1n) is 3.44. The largest absolute Gasteiger partial charge is 0.241 e. The van der Waals surface area contributed by atoms with Gasteiger partial charge in [0.05, 0.1) is 0 Å². The lowest BCUT2D eigenvalue weighted by Crippen LogP contribution is -2.09. The van der Waals surface area contributed by atoms with Crippen LogP contribution in [0.25, 0.3) is 0 Å². The molecule has 1 atom stereocenters. The van der Waals surface area contributed by atoms with Crippen LogP contribution >= 0.6 is 0 Å². The van der Waals surface area contributed by atoms with Gasteiger partial charge in [0.15, 0.2) is 0 Å². The van der Waals surface area contributed by atoms with Crippen molar-refractivity contribution in [1.29, 1.82) is 0 Å². The van der Waals surface area contributed by atoms with Crippen LogP contribution in [0.4, 0.5) is 0 Å². The Bertz CT molecular complexity index is 62.8. The predicted octanol–water partition coefficient (Wildman–Crippen LogP) is 1.27. The molecule has 1 heteroatoms. The Kier molecular flexibility index (Phi) is 1.90. The number of hydrogen-bond acceptors (Lipinski definition) is 0. The van der Waals surface area contributed by atoms with Gasteiger partial charge in [-0.25, -0.2) is 5.32 Å². The van der Waals surface area contributed by atoms with Crippen molar-refractivity contribution < 1.29 is 0 Å². The minimum Gasteiger partial charge on any atom is -0.241 e. The van der Waals surface area contributed by atoms with Crippen molar-refractivity contribution in [2.45, 2.75) is 20.3 Å². The average Bonchev–Trinajstić information content (AvgIpc) is 2.12. The van der Waals surface area contributed by atoms with Crippen molar-refractivity contribution in [3.63, 3.8) is 0 Å². The lowest BCUT2D eigenvalue weighted by molar-refractivity contribution is 0.418. The van der Waals surface area contributed by atoms with Gasteiger partial charge in [-0.1, -0.05) is 13.8 Å². The van der Waals surface area contributed by atoms with Gasteiger partial charge in [0.2, 0.25) is 0 Å². The molecular weight excluding hydrogens is 98.1 g/mol. The minimum atomic E-state index is 0.848. The second-order valence-corrected chi connectivity index (χ2v) is 2.92. The van der Waals surface area contributed by atoms with Gasteiger partial charge in [0, 0.05) is 13.1 Å². The van der Waals surface area contributed by atoms with Crippen LogP contribution < -0.4 is 5.32 Å². The highest BCUT2D eigenvalue weighted by Gasteiger charge is 2.17. The highest BCUT2D eigenvalue weighted by Crippen LogP contribution is 2.17. The second-order valence-electron chi connectivity index (χ2n) is 2.92. The fourth-order valence-corrected chi connectivity index (χ4v) is 1.15. The molecule has 8 heavy (non-hydrogen) atoms. The molecule has 0 aromatic heterocycles. The van der Waals surface area contributed by atoms with E-state index < -0.39 is 0 Å². The van der Waals surface area contributed by atoms with Crippen LogP contribution in [0.15, 0.2) is 0 Å². The van der Waals surface area contributed by atoms with Crippen molar-refractivity contribution in [1.82, 2.24) is 5.32 Å². The second kappa shape index (κ2) is 2.49. The third-order valence-corrected chi connectivity index (χ3v) is 1.96. The van der Waals surface area contributed by atoms with Gasteiger partial charge in [-0.3, -0.25) is 0 Å². The summed E-state index contributed by atoms with van der Waals surface area (Å²) in [7, 11) is 0. The first kappa shape index (κ1) is 6.09. The van der Waals surface area contributed by atoms with E-state index in [0.29, 0.717) is 0 Å². The molecule has 0 aliphatic carbocycles. The molecule has 1 aliphatic heterocycles. The molecule has 1 saturated heterocycles. The highest BCUT2D eigenvalue weighted by atomic mass is 14.9. The van der Waals surface area contributed by atoms with Crippen LogP contribution in [0, 0.1) is 11.8 Å². The zero-order valence-electron chi connectivity index (χ0n) is 5.72. The van der Waals surface area contributed by atoms with E-state index in [1.165, 1.54) is 6.42 Å². The molecule has 0 bridgehead atoms. The number of rotatable bonds is 1. The van der Waals surface area contributed by atoms with Crippen LogP contribution in [0.2, 0.25) is 0 Å².